The largest absolute Gasteiger partial charge is 0.398 e. The summed E-state index contributed by atoms with van der Waals surface area (Å²) in [5.74, 6) is 0.575. The predicted octanol–water partition coefficient (Wildman–Crippen LogP) is 2.58. The van der Waals surface area contributed by atoms with Crippen LogP contribution in [0.2, 0.25) is 0 Å². The maximum atomic E-state index is 12.0. The zero-order valence-electron chi connectivity index (χ0n) is 10.3. The molecule has 3 heteroatoms. The number of carbonyl (C=O) groups excluding carboxylic acids is 1. The zero-order chi connectivity index (χ0) is 12.3. The molecule has 1 aromatic rings. The molecule has 0 heterocycles. The minimum atomic E-state index is -0.0532. The third-order valence-electron chi connectivity index (χ3n) is 3.67. The van der Waals surface area contributed by atoms with E-state index in [1.54, 1.807) is 12.1 Å². The van der Waals surface area contributed by atoms with Gasteiger partial charge in [0.25, 0.3) is 5.91 Å². The summed E-state index contributed by atoms with van der Waals surface area (Å²) < 4.78 is 0. The average molecular weight is 232 g/mol. The first-order valence-corrected chi connectivity index (χ1v) is 6.34. The van der Waals surface area contributed by atoms with E-state index >= 15 is 0 Å². The van der Waals surface area contributed by atoms with E-state index in [1.807, 2.05) is 12.1 Å². The van der Waals surface area contributed by atoms with Crippen molar-refractivity contribution in [2.75, 3.05) is 5.73 Å². The molecule has 1 aliphatic rings. The number of nitrogen functional groups attached to an aromatic ring is 1. The molecule has 1 fully saturated rings. The first-order chi connectivity index (χ1) is 8.18. The van der Waals surface area contributed by atoms with E-state index in [-0.39, 0.29) is 11.9 Å². The lowest BCUT2D eigenvalue weighted by Crippen LogP contribution is -2.37. The van der Waals surface area contributed by atoms with Crippen molar-refractivity contribution in [1.29, 1.82) is 0 Å². The van der Waals surface area contributed by atoms with Gasteiger partial charge in [-0.05, 0) is 37.8 Å². The summed E-state index contributed by atoms with van der Waals surface area (Å²) in [7, 11) is 0. The Kier molecular flexibility index (Phi) is 3.67. The Morgan fingerprint density at radius 1 is 1.35 bits per heavy atom. The standard InChI is InChI=1S/C14H20N2O/c1-10(11-6-2-3-7-11)16-14(17)12-8-4-5-9-13(12)15/h4-5,8-11H,2-3,6-7,15H2,1H3,(H,16,17)/t10-/m1/s1. The van der Waals surface area contributed by atoms with Gasteiger partial charge >= 0.3 is 0 Å². The Morgan fingerprint density at radius 2 is 2.00 bits per heavy atom. The van der Waals surface area contributed by atoms with Crippen molar-refractivity contribution in [2.24, 2.45) is 5.92 Å². The van der Waals surface area contributed by atoms with Crippen LogP contribution in [-0.2, 0) is 0 Å². The second-order valence-corrected chi connectivity index (χ2v) is 4.89. The van der Waals surface area contributed by atoms with Gasteiger partial charge in [-0.25, -0.2) is 0 Å². The van der Waals surface area contributed by atoms with E-state index in [0.717, 1.165) is 0 Å². The Labute approximate surface area is 102 Å². The van der Waals surface area contributed by atoms with Gasteiger partial charge in [0.05, 0.1) is 5.56 Å². The number of benzene rings is 1. The van der Waals surface area contributed by atoms with Crippen molar-refractivity contribution < 1.29 is 4.79 Å². The molecular weight excluding hydrogens is 212 g/mol. The summed E-state index contributed by atoms with van der Waals surface area (Å²) in [4.78, 5) is 12.0. The Bertz CT molecular complexity index is 397. The first kappa shape index (κ1) is 12.0. The van der Waals surface area contributed by atoms with Crippen LogP contribution in [0, 0.1) is 5.92 Å². The molecular formula is C14H20N2O. The predicted molar refractivity (Wildman–Crippen MR) is 69.7 cm³/mol. The normalized spacial score (nSPS) is 17.9. The second kappa shape index (κ2) is 5.21. The topological polar surface area (TPSA) is 55.1 Å². The molecule has 0 radical (unpaired) electrons. The fraction of sp³-hybridized carbons (Fsp3) is 0.500. The summed E-state index contributed by atoms with van der Waals surface area (Å²) in [5, 5.41) is 3.06. The molecule has 1 aliphatic carbocycles. The third kappa shape index (κ3) is 2.78. The monoisotopic (exact) mass is 232 g/mol. The minimum Gasteiger partial charge on any atom is -0.398 e. The number of hydrogen-bond acceptors (Lipinski definition) is 2. The summed E-state index contributed by atoms with van der Waals surface area (Å²) in [6.07, 6.45) is 5.04. The second-order valence-electron chi connectivity index (χ2n) is 4.89. The summed E-state index contributed by atoms with van der Waals surface area (Å²) >= 11 is 0. The summed E-state index contributed by atoms with van der Waals surface area (Å²) in [6.45, 7) is 2.09. The van der Waals surface area contributed by atoms with Crippen molar-refractivity contribution in [3.8, 4) is 0 Å². The van der Waals surface area contributed by atoms with Crippen LogP contribution in [0.4, 0.5) is 5.69 Å². The van der Waals surface area contributed by atoms with E-state index in [0.29, 0.717) is 17.2 Å². The SMILES string of the molecule is C[C@@H](NC(=O)c1ccccc1N)C1CCCC1. The van der Waals surface area contributed by atoms with Crippen molar-refractivity contribution in [3.63, 3.8) is 0 Å². The molecule has 1 aromatic carbocycles. The molecule has 0 unspecified atom stereocenters. The first-order valence-electron chi connectivity index (χ1n) is 6.34. The van der Waals surface area contributed by atoms with Gasteiger partial charge in [-0.3, -0.25) is 4.79 Å². The molecule has 0 bridgehead atoms. The maximum Gasteiger partial charge on any atom is 0.253 e. The van der Waals surface area contributed by atoms with Crippen LogP contribution in [0.25, 0.3) is 0 Å². The maximum absolute atomic E-state index is 12.0. The molecule has 0 spiro atoms. The lowest BCUT2D eigenvalue weighted by atomic mass is 9.99. The van der Waals surface area contributed by atoms with Gasteiger partial charge in [0.2, 0.25) is 0 Å². The molecule has 17 heavy (non-hydrogen) atoms. The number of carbonyl (C=O) groups is 1. The number of hydrogen-bond donors (Lipinski definition) is 2. The van der Waals surface area contributed by atoms with Crippen LogP contribution >= 0.6 is 0 Å². The van der Waals surface area contributed by atoms with Crippen molar-refractivity contribution in [3.05, 3.63) is 29.8 Å². The minimum absolute atomic E-state index is 0.0532. The molecule has 0 aliphatic heterocycles. The highest BCUT2D eigenvalue weighted by Gasteiger charge is 2.23. The van der Waals surface area contributed by atoms with Crippen molar-refractivity contribution in [2.45, 2.75) is 38.6 Å². The highest BCUT2D eigenvalue weighted by atomic mass is 16.1. The molecule has 0 aromatic heterocycles. The highest BCUT2D eigenvalue weighted by Crippen LogP contribution is 2.27. The van der Waals surface area contributed by atoms with Gasteiger partial charge in [-0.2, -0.15) is 0 Å². The third-order valence-corrected chi connectivity index (χ3v) is 3.67. The number of nitrogens with two attached hydrogens (primary N) is 1. The lowest BCUT2D eigenvalue weighted by molar-refractivity contribution is 0.0928. The van der Waals surface area contributed by atoms with E-state index in [4.69, 9.17) is 5.73 Å². The summed E-state index contributed by atoms with van der Waals surface area (Å²) in [5.41, 5.74) is 6.92. The van der Waals surface area contributed by atoms with Crippen LogP contribution in [0.3, 0.4) is 0 Å². The van der Waals surface area contributed by atoms with E-state index in [9.17, 15) is 4.79 Å². The molecule has 0 saturated heterocycles. The van der Waals surface area contributed by atoms with Crippen molar-refractivity contribution in [1.82, 2.24) is 5.32 Å². The van der Waals surface area contributed by atoms with E-state index in [2.05, 4.69) is 12.2 Å². The number of amides is 1. The Hall–Kier alpha value is -1.51. The lowest BCUT2D eigenvalue weighted by Gasteiger charge is -2.20. The Morgan fingerprint density at radius 3 is 2.65 bits per heavy atom. The number of anilines is 1. The molecule has 3 nitrogen and oxygen atoms in total. The molecule has 2 rings (SSSR count). The number of nitrogens with one attached hydrogen (secondary N) is 1. The van der Waals surface area contributed by atoms with Gasteiger partial charge in [0.1, 0.15) is 0 Å². The smallest absolute Gasteiger partial charge is 0.253 e. The highest BCUT2D eigenvalue weighted by molar-refractivity contribution is 5.99. The van der Waals surface area contributed by atoms with Gasteiger partial charge in [-0.15, -0.1) is 0 Å². The fourth-order valence-electron chi connectivity index (χ4n) is 2.56. The molecule has 1 atom stereocenters. The van der Waals surface area contributed by atoms with Crippen LogP contribution in [0.15, 0.2) is 24.3 Å². The molecule has 1 saturated carbocycles. The number of rotatable bonds is 3. The van der Waals surface area contributed by atoms with Gasteiger partial charge in [0, 0.05) is 11.7 Å². The van der Waals surface area contributed by atoms with Crippen LogP contribution in [-0.4, -0.2) is 11.9 Å². The average Bonchev–Trinajstić information content (AvgIpc) is 2.82. The van der Waals surface area contributed by atoms with Crippen LogP contribution in [0.5, 0.6) is 0 Å². The van der Waals surface area contributed by atoms with E-state index < -0.39 is 0 Å². The quantitative estimate of drug-likeness (QED) is 0.787. The van der Waals surface area contributed by atoms with Crippen LogP contribution in [0.1, 0.15) is 43.0 Å². The van der Waals surface area contributed by atoms with E-state index in [1.165, 1.54) is 25.7 Å². The van der Waals surface area contributed by atoms with Gasteiger partial charge < -0.3 is 11.1 Å². The molecule has 92 valence electrons. The van der Waals surface area contributed by atoms with Crippen LogP contribution < -0.4 is 11.1 Å². The molecule has 1 amide bonds. The Balaban J connectivity index is 1.99. The number of para-hydroxylation sites is 1. The van der Waals surface area contributed by atoms with Gasteiger partial charge in [0.15, 0.2) is 0 Å². The van der Waals surface area contributed by atoms with Crippen molar-refractivity contribution >= 4 is 11.6 Å². The van der Waals surface area contributed by atoms with Gasteiger partial charge in [-0.1, -0.05) is 25.0 Å². The fourth-order valence-corrected chi connectivity index (χ4v) is 2.56. The molecule has 3 N–H and O–H groups in total. The summed E-state index contributed by atoms with van der Waals surface area (Å²) in [6, 6.07) is 7.45. The zero-order valence-corrected chi connectivity index (χ0v) is 10.3.